The Hall–Kier alpha value is -1.35. The van der Waals surface area contributed by atoms with Gasteiger partial charge >= 0.3 is 0 Å². The molecule has 1 aromatic rings. The molecule has 1 aromatic carbocycles. The maximum absolute atomic E-state index is 12.3. The van der Waals surface area contributed by atoms with E-state index >= 15 is 0 Å². The van der Waals surface area contributed by atoms with Crippen LogP contribution in [0.5, 0.6) is 0 Å². The highest BCUT2D eigenvalue weighted by atomic mass is 16.3. The molecule has 18 heavy (non-hydrogen) atoms. The summed E-state index contributed by atoms with van der Waals surface area (Å²) in [6.45, 7) is 4.08. The molecule has 1 amide bonds. The molecule has 2 atom stereocenters. The van der Waals surface area contributed by atoms with Gasteiger partial charge in [-0.05, 0) is 37.8 Å². The zero-order valence-electron chi connectivity index (χ0n) is 11.1. The van der Waals surface area contributed by atoms with E-state index in [1.165, 1.54) is 0 Å². The van der Waals surface area contributed by atoms with Gasteiger partial charge in [-0.3, -0.25) is 4.79 Å². The first-order chi connectivity index (χ1) is 8.63. The average Bonchev–Trinajstić information content (AvgIpc) is 2.76. The molecule has 0 aromatic heterocycles. The summed E-state index contributed by atoms with van der Waals surface area (Å²) in [7, 11) is 0. The van der Waals surface area contributed by atoms with Gasteiger partial charge in [-0.15, -0.1) is 0 Å². The van der Waals surface area contributed by atoms with Gasteiger partial charge in [0.1, 0.15) is 0 Å². The standard InChI is InChI=1S/C15H21NO2/c1-10-5-3-6-11(2)14(10)15(18)16-13-8-4-7-12(13)9-17/h3,5-6,12-13,17H,4,7-9H2,1-2H3,(H,16,18). The number of hydrogen-bond donors (Lipinski definition) is 2. The minimum absolute atomic E-state index is 0.00375. The number of carbonyl (C=O) groups excluding carboxylic acids is 1. The summed E-state index contributed by atoms with van der Waals surface area (Å²) in [6.07, 6.45) is 3.07. The van der Waals surface area contributed by atoms with E-state index < -0.39 is 0 Å². The normalized spacial score (nSPS) is 23.1. The number of aryl methyl sites for hydroxylation is 2. The predicted octanol–water partition coefficient (Wildman–Crippen LogP) is 2.19. The number of aliphatic hydroxyl groups excluding tert-OH is 1. The molecule has 98 valence electrons. The Labute approximate surface area is 108 Å². The van der Waals surface area contributed by atoms with Gasteiger partial charge < -0.3 is 10.4 Å². The van der Waals surface area contributed by atoms with Crippen molar-refractivity contribution in [3.63, 3.8) is 0 Å². The van der Waals surface area contributed by atoms with Gasteiger partial charge in [0.05, 0.1) is 0 Å². The van der Waals surface area contributed by atoms with Crippen molar-refractivity contribution < 1.29 is 9.90 Å². The third-order valence-corrected chi connectivity index (χ3v) is 3.92. The van der Waals surface area contributed by atoms with Crippen molar-refractivity contribution in [2.75, 3.05) is 6.61 Å². The lowest BCUT2D eigenvalue weighted by molar-refractivity contribution is 0.0915. The SMILES string of the molecule is Cc1cccc(C)c1C(=O)NC1CCCC1CO. The first kappa shape index (κ1) is 13.1. The van der Waals surface area contributed by atoms with Crippen molar-refractivity contribution in [1.82, 2.24) is 5.32 Å². The molecule has 2 N–H and O–H groups in total. The fraction of sp³-hybridized carbons (Fsp3) is 0.533. The molecule has 2 unspecified atom stereocenters. The predicted molar refractivity (Wildman–Crippen MR) is 71.6 cm³/mol. The quantitative estimate of drug-likeness (QED) is 0.860. The number of carbonyl (C=O) groups is 1. The minimum Gasteiger partial charge on any atom is -0.396 e. The largest absolute Gasteiger partial charge is 0.396 e. The van der Waals surface area contributed by atoms with E-state index in [2.05, 4.69) is 5.32 Å². The summed E-state index contributed by atoms with van der Waals surface area (Å²) in [5, 5.41) is 12.4. The second-order valence-electron chi connectivity index (χ2n) is 5.22. The van der Waals surface area contributed by atoms with Gasteiger partial charge in [0, 0.05) is 24.1 Å². The van der Waals surface area contributed by atoms with Crippen LogP contribution in [-0.2, 0) is 0 Å². The van der Waals surface area contributed by atoms with Crippen molar-refractivity contribution in [2.24, 2.45) is 5.92 Å². The van der Waals surface area contributed by atoms with E-state index in [-0.39, 0.29) is 24.5 Å². The highest BCUT2D eigenvalue weighted by Gasteiger charge is 2.28. The smallest absolute Gasteiger partial charge is 0.252 e. The Morgan fingerprint density at radius 3 is 2.61 bits per heavy atom. The monoisotopic (exact) mass is 247 g/mol. The third-order valence-electron chi connectivity index (χ3n) is 3.92. The Morgan fingerprint density at radius 2 is 2.00 bits per heavy atom. The first-order valence-corrected chi connectivity index (χ1v) is 6.61. The average molecular weight is 247 g/mol. The molecule has 0 bridgehead atoms. The fourth-order valence-electron chi connectivity index (χ4n) is 2.86. The van der Waals surface area contributed by atoms with E-state index in [1.807, 2.05) is 32.0 Å². The Kier molecular flexibility index (Phi) is 4.02. The maximum Gasteiger partial charge on any atom is 0.252 e. The number of hydrogen-bond acceptors (Lipinski definition) is 2. The maximum atomic E-state index is 12.3. The Balaban J connectivity index is 2.12. The van der Waals surface area contributed by atoms with Crippen molar-refractivity contribution in [2.45, 2.75) is 39.2 Å². The van der Waals surface area contributed by atoms with Gasteiger partial charge in [0.2, 0.25) is 0 Å². The fourth-order valence-corrected chi connectivity index (χ4v) is 2.86. The number of aliphatic hydroxyl groups is 1. The van der Waals surface area contributed by atoms with Gasteiger partial charge in [0.15, 0.2) is 0 Å². The highest BCUT2D eigenvalue weighted by molar-refractivity contribution is 5.97. The minimum atomic E-state index is -0.00375. The molecule has 2 rings (SSSR count). The van der Waals surface area contributed by atoms with Crippen LogP contribution in [0.1, 0.15) is 40.7 Å². The third kappa shape index (κ3) is 2.56. The molecule has 0 heterocycles. The summed E-state index contributed by atoms with van der Waals surface area (Å²) in [5.41, 5.74) is 2.79. The van der Waals surface area contributed by atoms with Gasteiger partial charge in [0.25, 0.3) is 5.91 Å². The highest BCUT2D eigenvalue weighted by Crippen LogP contribution is 2.25. The zero-order chi connectivity index (χ0) is 13.1. The lowest BCUT2D eigenvalue weighted by Gasteiger charge is -2.20. The van der Waals surface area contributed by atoms with Crippen LogP contribution in [0.2, 0.25) is 0 Å². The van der Waals surface area contributed by atoms with Crippen LogP contribution in [0.4, 0.5) is 0 Å². The Bertz CT molecular complexity index is 422. The van der Waals surface area contributed by atoms with Gasteiger partial charge in [-0.1, -0.05) is 24.6 Å². The van der Waals surface area contributed by atoms with E-state index in [9.17, 15) is 9.90 Å². The molecule has 1 fully saturated rings. The molecule has 0 radical (unpaired) electrons. The van der Waals surface area contributed by atoms with Crippen molar-refractivity contribution in [3.8, 4) is 0 Å². The summed E-state index contributed by atoms with van der Waals surface area (Å²) in [4.78, 5) is 12.3. The van der Waals surface area contributed by atoms with E-state index in [0.29, 0.717) is 0 Å². The van der Waals surface area contributed by atoms with E-state index in [4.69, 9.17) is 0 Å². The van der Waals surface area contributed by atoms with Crippen LogP contribution in [0, 0.1) is 19.8 Å². The molecule has 3 nitrogen and oxygen atoms in total. The van der Waals surface area contributed by atoms with Crippen molar-refractivity contribution in [3.05, 3.63) is 34.9 Å². The Morgan fingerprint density at radius 1 is 1.33 bits per heavy atom. The molecule has 3 heteroatoms. The number of nitrogens with one attached hydrogen (secondary N) is 1. The first-order valence-electron chi connectivity index (χ1n) is 6.61. The van der Waals surface area contributed by atoms with Crippen molar-refractivity contribution >= 4 is 5.91 Å². The number of rotatable bonds is 3. The zero-order valence-corrected chi connectivity index (χ0v) is 11.1. The van der Waals surface area contributed by atoms with Gasteiger partial charge in [-0.2, -0.15) is 0 Å². The van der Waals surface area contributed by atoms with E-state index in [0.717, 1.165) is 36.0 Å². The van der Waals surface area contributed by atoms with Crippen LogP contribution in [0.25, 0.3) is 0 Å². The van der Waals surface area contributed by atoms with Crippen molar-refractivity contribution in [1.29, 1.82) is 0 Å². The molecule has 0 saturated heterocycles. The molecule has 0 spiro atoms. The molecule has 1 saturated carbocycles. The number of amides is 1. The number of benzene rings is 1. The lowest BCUT2D eigenvalue weighted by Crippen LogP contribution is -2.39. The molecule has 1 aliphatic rings. The second-order valence-corrected chi connectivity index (χ2v) is 5.22. The summed E-state index contributed by atoms with van der Waals surface area (Å²) < 4.78 is 0. The summed E-state index contributed by atoms with van der Waals surface area (Å²) in [5.74, 6) is 0.217. The molecular weight excluding hydrogens is 226 g/mol. The molecular formula is C15H21NO2. The summed E-state index contributed by atoms with van der Waals surface area (Å²) in [6, 6.07) is 6.01. The van der Waals surface area contributed by atoms with Gasteiger partial charge in [-0.25, -0.2) is 0 Å². The van der Waals surface area contributed by atoms with Crippen LogP contribution in [0.3, 0.4) is 0 Å². The van der Waals surface area contributed by atoms with Crippen LogP contribution < -0.4 is 5.32 Å². The van der Waals surface area contributed by atoms with Crippen LogP contribution >= 0.6 is 0 Å². The second kappa shape index (κ2) is 5.53. The molecule has 1 aliphatic carbocycles. The van der Waals surface area contributed by atoms with Crippen LogP contribution in [-0.4, -0.2) is 23.7 Å². The lowest BCUT2D eigenvalue weighted by atomic mass is 10.0. The van der Waals surface area contributed by atoms with Crippen LogP contribution in [0.15, 0.2) is 18.2 Å². The topological polar surface area (TPSA) is 49.3 Å². The van der Waals surface area contributed by atoms with E-state index in [1.54, 1.807) is 0 Å². The molecule has 0 aliphatic heterocycles. The summed E-state index contributed by atoms with van der Waals surface area (Å²) >= 11 is 0.